The molecule has 0 amide bonds. The van der Waals surface area contributed by atoms with E-state index in [-0.39, 0.29) is 0 Å². The average molecular weight is 209 g/mol. The van der Waals surface area contributed by atoms with Gasteiger partial charge < -0.3 is 10.1 Å². The van der Waals surface area contributed by atoms with Gasteiger partial charge in [0.25, 0.3) is 0 Å². The summed E-state index contributed by atoms with van der Waals surface area (Å²) in [6.45, 7) is 3.02. The summed E-state index contributed by atoms with van der Waals surface area (Å²) in [7, 11) is 0. The monoisotopic (exact) mass is 209 g/mol. The molecule has 1 atom stereocenters. The summed E-state index contributed by atoms with van der Waals surface area (Å²) in [5.74, 6) is 0. The Morgan fingerprint density at radius 2 is 2.33 bits per heavy atom. The van der Waals surface area contributed by atoms with Gasteiger partial charge in [-0.1, -0.05) is 11.6 Å². The van der Waals surface area contributed by atoms with Gasteiger partial charge in [-0.15, -0.1) is 0 Å². The molecule has 1 aliphatic heterocycles. The Morgan fingerprint density at radius 1 is 1.33 bits per heavy atom. The summed E-state index contributed by atoms with van der Waals surface area (Å²) < 4.78 is 5.45. The molecule has 1 aliphatic carbocycles. The standard InChI is InChI=1S/C13H23NO/c1-2-5-12(6-3-1)8-9-14-13-7-4-10-15-11-13/h5,13-14H,1-4,6-11H2. The van der Waals surface area contributed by atoms with Gasteiger partial charge >= 0.3 is 0 Å². The zero-order valence-corrected chi connectivity index (χ0v) is 9.63. The summed E-state index contributed by atoms with van der Waals surface area (Å²) in [6, 6.07) is 0.614. The number of rotatable bonds is 4. The van der Waals surface area contributed by atoms with Gasteiger partial charge in [0.1, 0.15) is 0 Å². The van der Waals surface area contributed by atoms with Crippen LogP contribution in [0.2, 0.25) is 0 Å². The van der Waals surface area contributed by atoms with Crippen LogP contribution in [0.15, 0.2) is 11.6 Å². The minimum absolute atomic E-state index is 0.614. The van der Waals surface area contributed by atoms with Crippen molar-refractivity contribution < 1.29 is 4.74 Å². The predicted molar refractivity (Wildman–Crippen MR) is 63.0 cm³/mol. The summed E-state index contributed by atoms with van der Waals surface area (Å²) in [6.07, 6.45) is 11.6. The second-order valence-corrected chi connectivity index (χ2v) is 4.73. The van der Waals surface area contributed by atoms with Crippen LogP contribution in [0.4, 0.5) is 0 Å². The molecule has 0 aromatic rings. The first-order chi connectivity index (χ1) is 7.45. The Morgan fingerprint density at radius 3 is 3.07 bits per heavy atom. The number of allylic oxidation sites excluding steroid dienone is 1. The van der Waals surface area contributed by atoms with E-state index in [4.69, 9.17) is 4.74 Å². The van der Waals surface area contributed by atoms with Crippen molar-refractivity contribution in [3.05, 3.63) is 11.6 Å². The van der Waals surface area contributed by atoms with E-state index in [1.54, 1.807) is 5.57 Å². The van der Waals surface area contributed by atoms with Gasteiger partial charge in [0.05, 0.1) is 6.61 Å². The molecule has 1 fully saturated rings. The average Bonchev–Trinajstić information content (AvgIpc) is 2.32. The van der Waals surface area contributed by atoms with Crippen molar-refractivity contribution in [1.82, 2.24) is 5.32 Å². The molecule has 1 saturated heterocycles. The van der Waals surface area contributed by atoms with Crippen molar-refractivity contribution >= 4 is 0 Å². The van der Waals surface area contributed by atoms with Crippen molar-refractivity contribution in [3.8, 4) is 0 Å². The zero-order valence-electron chi connectivity index (χ0n) is 9.63. The molecule has 0 bridgehead atoms. The molecule has 2 aliphatic rings. The molecule has 0 radical (unpaired) electrons. The van der Waals surface area contributed by atoms with Crippen molar-refractivity contribution in [2.45, 2.75) is 51.0 Å². The van der Waals surface area contributed by atoms with Gasteiger partial charge in [-0.2, -0.15) is 0 Å². The number of ether oxygens (including phenoxy) is 1. The van der Waals surface area contributed by atoms with Crippen LogP contribution in [0.1, 0.15) is 44.9 Å². The summed E-state index contributed by atoms with van der Waals surface area (Å²) in [4.78, 5) is 0. The maximum absolute atomic E-state index is 5.45. The number of nitrogens with one attached hydrogen (secondary N) is 1. The molecule has 2 heteroatoms. The third-order valence-electron chi connectivity index (χ3n) is 3.42. The molecule has 15 heavy (non-hydrogen) atoms. The highest BCUT2D eigenvalue weighted by atomic mass is 16.5. The van der Waals surface area contributed by atoms with Gasteiger partial charge in [-0.25, -0.2) is 0 Å². The fourth-order valence-electron chi connectivity index (χ4n) is 2.47. The first kappa shape index (κ1) is 11.2. The highest BCUT2D eigenvalue weighted by molar-refractivity contribution is 5.05. The zero-order chi connectivity index (χ0) is 10.3. The lowest BCUT2D eigenvalue weighted by Crippen LogP contribution is -2.37. The van der Waals surface area contributed by atoms with Gasteiger partial charge in [0.15, 0.2) is 0 Å². The quantitative estimate of drug-likeness (QED) is 0.719. The number of hydrogen-bond donors (Lipinski definition) is 1. The minimum Gasteiger partial charge on any atom is -0.380 e. The van der Waals surface area contributed by atoms with Crippen molar-refractivity contribution in [1.29, 1.82) is 0 Å². The highest BCUT2D eigenvalue weighted by Gasteiger charge is 2.12. The molecule has 86 valence electrons. The van der Waals surface area contributed by atoms with E-state index in [2.05, 4.69) is 11.4 Å². The van der Waals surface area contributed by atoms with E-state index in [1.807, 2.05) is 0 Å². The van der Waals surface area contributed by atoms with Gasteiger partial charge in [0, 0.05) is 12.6 Å². The first-order valence-electron chi connectivity index (χ1n) is 6.44. The fourth-order valence-corrected chi connectivity index (χ4v) is 2.47. The lowest BCUT2D eigenvalue weighted by molar-refractivity contribution is 0.0707. The van der Waals surface area contributed by atoms with Gasteiger partial charge in [0.2, 0.25) is 0 Å². The van der Waals surface area contributed by atoms with Crippen LogP contribution in [0.25, 0.3) is 0 Å². The molecular formula is C13H23NO. The van der Waals surface area contributed by atoms with Crippen LogP contribution in [0.3, 0.4) is 0 Å². The van der Waals surface area contributed by atoms with E-state index < -0.39 is 0 Å². The van der Waals surface area contributed by atoms with E-state index in [0.29, 0.717) is 6.04 Å². The summed E-state index contributed by atoms with van der Waals surface area (Å²) in [5, 5.41) is 3.60. The van der Waals surface area contributed by atoms with Crippen LogP contribution in [0, 0.1) is 0 Å². The molecule has 0 saturated carbocycles. The molecule has 2 rings (SSSR count). The second-order valence-electron chi connectivity index (χ2n) is 4.73. The molecule has 0 spiro atoms. The summed E-state index contributed by atoms with van der Waals surface area (Å²) in [5.41, 5.74) is 1.67. The van der Waals surface area contributed by atoms with Crippen LogP contribution in [-0.2, 0) is 4.74 Å². The minimum atomic E-state index is 0.614. The Hall–Kier alpha value is -0.340. The van der Waals surface area contributed by atoms with Gasteiger partial charge in [-0.05, 0) is 51.5 Å². The molecule has 1 unspecified atom stereocenters. The molecule has 2 nitrogen and oxygen atoms in total. The summed E-state index contributed by atoms with van der Waals surface area (Å²) >= 11 is 0. The van der Waals surface area contributed by atoms with Crippen LogP contribution < -0.4 is 5.32 Å². The van der Waals surface area contributed by atoms with E-state index >= 15 is 0 Å². The Balaban J connectivity index is 1.59. The van der Waals surface area contributed by atoms with Crippen LogP contribution >= 0.6 is 0 Å². The highest BCUT2D eigenvalue weighted by Crippen LogP contribution is 2.19. The molecule has 0 aromatic heterocycles. The maximum Gasteiger partial charge on any atom is 0.0619 e. The molecule has 0 aromatic carbocycles. The van der Waals surface area contributed by atoms with Crippen molar-refractivity contribution in [3.63, 3.8) is 0 Å². The third-order valence-corrected chi connectivity index (χ3v) is 3.42. The van der Waals surface area contributed by atoms with Gasteiger partial charge in [-0.3, -0.25) is 0 Å². The topological polar surface area (TPSA) is 21.3 Å². The normalized spacial score (nSPS) is 27.5. The Kier molecular flexibility index (Phi) is 4.68. The molecule has 1 N–H and O–H groups in total. The maximum atomic E-state index is 5.45. The number of hydrogen-bond acceptors (Lipinski definition) is 2. The predicted octanol–water partition coefficient (Wildman–Crippen LogP) is 2.65. The lowest BCUT2D eigenvalue weighted by atomic mass is 9.97. The Labute approximate surface area is 93.1 Å². The van der Waals surface area contributed by atoms with Crippen LogP contribution in [-0.4, -0.2) is 25.8 Å². The smallest absolute Gasteiger partial charge is 0.0619 e. The van der Waals surface area contributed by atoms with E-state index in [9.17, 15) is 0 Å². The van der Waals surface area contributed by atoms with Crippen molar-refractivity contribution in [2.75, 3.05) is 19.8 Å². The van der Waals surface area contributed by atoms with Crippen LogP contribution in [0.5, 0.6) is 0 Å². The molecular weight excluding hydrogens is 186 g/mol. The third kappa shape index (κ3) is 3.96. The lowest BCUT2D eigenvalue weighted by Gasteiger charge is -2.23. The largest absolute Gasteiger partial charge is 0.380 e. The SMILES string of the molecule is C1=C(CCNC2CCCOC2)CCCC1. The van der Waals surface area contributed by atoms with Crippen molar-refractivity contribution in [2.24, 2.45) is 0 Å². The Bertz CT molecular complexity index is 207. The van der Waals surface area contributed by atoms with E-state index in [1.165, 1.54) is 44.9 Å². The fraction of sp³-hybridized carbons (Fsp3) is 0.846. The second kappa shape index (κ2) is 6.29. The molecule has 1 heterocycles. The van der Waals surface area contributed by atoms with E-state index in [0.717, 1.165) is 19.8 Å². The first-order valence-corrected chi connectivity index (χ1v) is 6.44.